The topological polar surface area (TPSA) is 102 Å². The fourth-order valence-corrected chi connectivity index (χ4v) is 4.24. The Bertz CT molecular complexity index is 861. The van der Waals surface area contributed by atoms with E-state index in [1.165, 1.54) is 18.3 Å². The van der Waals surface area contributed by atoms with Gasteiger partial charge in [-0.3, -0.25) is 19.7 Å². The van der Waals surface area contributed by atoms with E-state index in [1.807, 2.05) is 12.2 Å². The van der Waals surface area contributed by atoms with Crippen LogP contribution in [0.1, 0.15) is 25.8 Å². The lowest BCUT2D eigenvalue weighted by molar-refractivity contribution is -0.386. The normalized spacial score (nSPS) is 28.6. The average molecular weight is 369 g/mol. The van der Waals surface area contributed by atoms with Crippen molar-refractivity contribution in [3.8, 4) is 5.75 Å². The third kappa shape index (κ3) is 2.81. The van der Waals surface area contributed by atoms with Gasteiger partial charge in [-0.15, -0.1) is 0 Å². The molecule has 1 aliphatic heterocycles. The molecule has 1 aromatic rings. The van der Waals surface area contributed by atoms with Gasteiger partial charge in [0.25, 0.3) is 11.8 Å². The standard InChI is InChI=1S/C19H19N3O5/c1-10(2)27-15-6-3-11(7-14(15)22(25)26)9-20-21-18(23)16-12-4-5-13(8-12)17(16)19(21)24/h3-7,9-10,12-13,16-17H,8H2,1-2H3/t12-,13-,16-,17+/m0/s1. The lowest BCUT2D eigenvalue weighted by atomic mass is 9.85. The van der Waals surface area contributed by atoms with Crippen molar-refractivity contribution in [2.45, 2.75) is 26.4 Å². The first-order chi connectivity index (χ1) is 12.9. The van der Waals surface area contributed by atoms with E-state index in [4.69, 9.17) is 4.74 Å². The number of amides is 2. The van der Waals surface area contributed by atoms with Crippen molar-refractivity contribution in [1.29, 1.82) is 0 Å². The van der Waals surface area contributed by atoms with E-state index in [-0.39, 0.29) is 53.0 Å². The molecule has 1 saturated carbocycles. The summed E-state index contributed by atoms with van der Waals surface area (Å²) in [4.78, 5) is 35.9. The molecule has 2 fully saturated rings. The lowest BCUT2D eigenvalue weighted by Gasteiger charge is -2.13. The van der Waals surface area contributed by atoms with Gasteiger partial charge in [-0.1, -0.05) is 12.2 Å². The summed E-state index contributed by atoms with van der Waals surface area (Å²) in [5, 5.41) is 16.3. The third-order valence-corrected chi connectivity index (χ3v) is 5.31. The van der Waals surface area contributed by atoms with Crippen LogP contribution in [0.4, 0.5) is 5.69 Å². The van der Waals surface area contributed by atoms with Gasteiger partial charge in [0.2, 0.25) is 0 Å². The van der Waals surface area contributed by atoms with Gasteiger partial charge in [0.1, 0.15) is 0 Å². The summed E-state index contributed by atoms with van der Waals surface area (Å²) in [6.07, 6.45) is 5.99. The summed E-state index contributed by atoms with van der Waals surface area (Å²) >= 11 is 0. The van der Waals surface area contributed by atoms with E-state index in [1.54, 1.807) is 19.9 Å². The second kappa shape index (κ2) is 6.29. The predicted octanol–water partition coefficient (Wildman–Crippen LogP) is 2.52. The zero-order valence-electron chi connectivity index (χ0n) is 14.9. The highest BCUT2D eigenvalue weighted by atomic mass is 16.6. The van der Waals surface area contributed by atoms with Crippen LogP contribution in [0.3, 0.4) is 0 Å². The first-order valence-corrected chi connectivity index (χ1v) is 8.92. The summed E-state index contributed by atoms with van der Waals surface area (Å²) in [6.45, 7) is 3.56. The Labute approximate surface area is 155 Å². The molecule has 1 aromatic carbocycles. The van der Waals surface area contributed by atoms with Crippen molar-refractivity contribution >= 4 is 23.7 Å². The molecule has 0 radical (unpaired) electrons. The number of nitrogens with zero attached hydrogens (tertiary/aromatic N) is 3. The summed E-state index contributed by atoms with van der Waals surface area (Å²) in [5.74, 6) is -0.811. The van der Waals surface area contributed by atoms with E-state index < -0.39 is 4.92 Å². The maximum absolute atomic E-state index is 12.6. The molecule has 4 rings (SSSR count). The number of imide groups is 1. The van der Waals surface area contributed by atoms with Crippen molar-refractivity contribution in [2.75, 3.05) is 0 Å². The largest absolute Gasteiger partial charge is 0.484 e. The number of carbonyl (C=O) groups excluding carboxylic acids is 2. The monoisotopic (exact) mass is 369 g/mol. The smallest absolute Gasteiger partial charge is 0.311 e. The van der Waals surface area contributed by atoms with Crippen molar-refractivity contribution in [1.82, 2.24) is 5.01 Å². The summed E-state index contributed by atoms with van der Waals surface area (Å²) in [5.41, 5.74) is 0.224. The van der Waals surface area contributed by atoms with Crippen LogP contribution in [-0.4, -0.2) is 34.1 Å². The molecule has 8 nitrogen and oxygen atoms in total. The number of nitro groups is 1. The van der Waals surface area contributed by atoms with E-state index in [0.717, 1.165) is 11.4 Å². The molecule has 4 atom stereocenters. The van der Waals surface area contributed by atoms with E-state index >= 15 is 0 Å². The van der Waals surface area contributed by atoms with Gasteiger partial charge in [0, 0.05) is 11.6 Å². The van der Waals surface area contributed by atoms with Gasteiger partial charge < -0.3 is 4.74 Å². The first kappa shape index (κ1) is 17.4. The number of fused-ring (bicyclic) bond motifs is 5. The van der Waals surface area contributed by atoms with Crippen molar-refractivity contribution in [2.24, 2.45) is 28.8 Å². The molecular weight excluding hydrogens is 350 g/mol. The van der Waals surface area contributed by atoms with Crippen molar-refractivity contribution in [3.63, 3.8) is 0 Å². The molecule has 1 heterocycles. The first-order valence-electron chi connectivity index (χ1n) is 8.92. The molecule has 2 aliphatic carbocycles. The molecule has 0 N–H and O–H groups in total. The van der Waals surface area contributed by atoms with Crippen LogP contribution in [-0.2, 0) is 9.59 Å². The molecule has 2 bridgehead atoms. The Morgan fingerprint density at radius 2 is 1.85 bits per heavy atom. The fourth-order valence-electron chi connectivity index (χ4n) is 4.24. The highest BCUT2D eigenvalue weighted by molar-refractivity contribution is 6.06. The number of hydrogen-bond acceptors (Lipinski definition) is 6. The number of ether oxygens (including phenoxy) is 1. The zero-order chi connectivity index (χ0) is 19.3. The Balaban J connectivity index is 1.57. The van der Waals surface area contributed by atoms with Crippen LogP contribution in [0, 0.1) is 33.8 Å². The minimum atomic E-state index is -0.533. The number of hydrazone groups is 1. The number of allylic oxidation sites excluding steroid dienone is 2. The summed E-state index contributed by atoms with van der Waals surface area (Å²) in [6, 6.07) is 4.41. The minimum Gasteiger partial charge on any atom is -0.484 e. The van der Waals surface area contributed by atoms with Gasteiger partial charge in [-0.05, 0) is 44.2 Å². The zero-order valence-corrected chi connectivity index (χ0v) is 14.9. The van der Waals surface area contributed by atoms with Crippen LogP contribution < -0.4 is 4.74 Å². The Hall–Kier alpha value is -3.03. The van der Waals surface area contributed by atoms with Crippen LogP contribution in [0.25, 0.3) is 0 Å². The van der Waals surface area contributed by atoms with Crippen molar-refractivity contribution in [3.05, 3.63) is 46.0 Å². The highest BCUT2D eigenvalue weighted by Crippen LogP contribution is 2.52. The van der Waals surface area contributed by atoms with Gasteiger partial charge in [0.05, 0.1) is 29.1 Å². The molecule has 3 aliphatic rings. The third-order valence-electron chi connectivity index (χ3n) is 5.31. The fraction of sp³-hybridized carbons (Fsp3) is 0.421. The molecule has 0 unspecified atom stereocenters. The van der Waals surface area contributed by atoms with Crippen LogP contribution in [0.5, 0.6) is 5.75 Å². The van der Waals surface area contributed by atoms with Crippen LogP contribution >= 0.6 is 0 Å². The lowest BCUT2D eigenvalue weighted by Crippen LogP contribution is -2.28. The quantitative estimate of drug-likeness (QED) is 0.261. The van der Waals surface area contributed by atoms with Gasteiger partial charge in [-0.25, -0.2) is 0 Å². The van der Waals surface area contributed by atoms with Gasteiger partial charge >= 0.3 is 5.69 Å². The molecule has 1 saturated heterocycles. The average Bonchev–Trinajstić information content (AvgIpc) is 3.28. The number of carbonyl (C=O) groups is 2. The van der Waals surface area contributed by atoms with E-state index in [0.29, 0.717) is 5.56 Å². The number of nitro benzene ring substituents is 1. The minimum absolute atomic E-state index is 0.116. The Morgan fingerprint density at radius 1 is 1.22 bits per heavy atom. The second-order valence-electron chi connectivity index (χ2n) is 7.38. The number of benzene rings is 1. The molecule has 8 heteroatoms. The molecule has 2 amide bonds. The van der Waals surface area contributed by atoms with E-state index in [2.05, 4.69) is 5.10 Å². The number of hydrogen-bond donors (Lipinski definition) is 0. The van der Waals surface area contributed by atoms with Gasteiger partial charge in [0.15, 0.2) is 5.75 Å². The maximum atomic E-state index is 12.6. The molecule has 140 valence electrons. The van der Waals surface area contributed by atoms with Crippen LogP contribution in [0.15, 0.2) is 35.5 Å². The van der Waals surface area contributed by atoms with Crippen LogP contribution in [0.2, 0.25) is 0 Å². The molecule has 0 spiro atoms. The molecule has 0 aromatic heterocycles. The highest BCUT2D eigenvalue weighted by Gasteiger charge is 2.59. The predicted molar refractivity (Wildman–Crippen MR) is 96.0 cm³/mol. The Kier molecular flexibility index (Phi) is 4.05. The molecular formula is C19H19N3O5. The van der Waals surface area contributed by atoms with Gasteiger partial charge in [-0.2, -0.15) is 10.1 Å². The molecule has 27 heavy (non-hydrogen) atoms. The Morgan fingerprint density at radius 3 is 2.41 bits per heavy atom. The van der Waals surface area contributed by atoms with Crippen molar-refractivity contribution < 1.29 is 19.2 Å². The number of rotatable bonds is 5. The van der Waals surface area contributed by atoms with E-state index in [9.17, 15) is 19.7 Å². The summed E-state index contributed by atoms with van der Waals surface area (Å²) < 4.78 is 5.44. The summed E-state index contributed by atoms with van der Waals surface area (Å²) in [7, 11) is 0. The second-order valence-corrected chi connectivity index (χ2v) is 7.38. The SMILES string of the molecule is CC(C)Oc1ccc(C=NN2C(=O)[C@@H]3[C@H](C2=O)[C@H]2C=C[C@H]3C2)cc1[N+](=O)[O-]. The maximum Gasteiger partial charge on any atom is 0.311 e.